The second-order valence-electron chi connectivity index (χ2n) is 6.62. The first-order chi connectivity index (χ1) is 11.7. The molecular formula is C20H27NO3. The Labute approximate surface area is 143 Å². The molecule has 3 rings (SSSR count). The lowest BCUT2D eigenvalue weighted by molar-refractivity contribution is 0.0513. The van der Waals surface area contributed by atoms with Gasteiger partial charge in [0, 0.05) is 25.8 Å². The number of rotatable bonds is 7. The molecule has 2 atom stereocenters. The minimum absolute atomic E-state index is 0.297. The molecule has 0 aromatic heterocycles. The van der Waals surface area contributed by atoms with Crippen molar-refractivity contribution in [3.05, 3.63) is 42.5 Å². The van der Waals surface area contributed by atoms with Crippen LogP contribution in [0.5, 0.6) is 5.75 Å². The molecule has 0 aliphatic carbocycles. The number of hydrogen-bond donors (Lipinski definition) is 2. The van der Waals surface area contributed by atoms with Gasteiger partial charge < -0.3 is 19.9 Å². The van der Waals surface area contributed by atoms with Crippen molar-refractivity contribution in [3.63, 3.8) is 0 Å². The number of benzene rings is 2. The highest BCUT2D eigenvalue weighted by molar-refractivity contribution is 5.83. The summed E-state index contributed by atoms with van der Waals surface area (Å²) < 4.78 is 11.1. The summed E-state index contributed by atoms with van der Waals surface area (Å²) in [5.74, 6) is 1.43. The molecule has 4 nitrogen and oxygen atoms in total. The van der Waals surface area contributed by atoms with E-state index in [0.717, 1.165) is 37.2 Å². The number of ether oxygens (including phenoxy) is 2. The molecule has 2 N–H and O–H groups in total. The topological polar surface area (TPSA) is 50.7 Å². The summed E-state index contributed by atoms with van der Waals surface area (Å²) in [6.45, 7) is 4.74. The molecule has 130 valence electrons. The van der Waals surface area contributed by atoms with Crippen molar-refractivity contribution < 1.29 is 14.6 Å². The molecule has 1 saturated heterocycles. The standard InChI is InChI=1S/C20H27NO3/c1-15(16-8-10-23-11-9-16)21-13-19(22)14-24-20-7-6-17-4-2-3-5-18(17)12-20/h2-7,12,15-16,19,21-22H,8-11,13-14H2,1H3. The Balaban J connectivity index is 1.43. The maximum atomic E-state index is 10.2. The van der Waals surface area contributed by atoms with Crippen LogP contribution in [0.15, 0.2) is 42.5 Å². The van der Waals surface area contributed by atoms with Gasteiger partial charge in [0.05, 0.1) is 0 Å². The molecule has 2 unspecified atom stereocenters. The van der Waals surface area contributed by atoms with E-state index in [9.17, 15) is 5.11 Å². The van der Waals surface area contributed by atoms with Crippen LogP contribution in [0, 0.1) is 5.92 Å². The van der Waals surface area contributed by atoms with Crippen LogP contribution >= 0.6 is 0 Å². The Morgan fingerprint density at radius 2 is 1.92 bits per heavy atom. The molecule has 0 bridgehead atoms. The number of hydrogen-bond acceptors (Lipinski definition) is 4. The second-order valence-corrected chi connectivity index (χ2v) is 6.62. The first-order valence-corrected chi connectivity index (χ1v) is 8.83. The van der Waals surface area contributed by atoms with E-state index in [1.165, 1.54) is 5.39 Å². The normalized spacial score (nSPS) is 18.4. The van der Waals surface area contributed by atoms with Gasteiger partial charge in [-0.1, -0.05) is 30.3 Å². The Morgan fingerprint density at radius 3 is 2.71 bits per heavy atom. The van der Waals surface area contributed by atoms with Gasteiger partial charge in [0.1, 0.15) is 18.5 Å². The molecule has 1 fully saturated rings. The predicted molar refractivity (Wildman–Crippen MR) is 96.5 cm³/mol. The van der Waals surface area contributed by atoms with Crippen molar-refractivity contribution in [1.82, 2.24) is 5.32 Å². The Kier molecular flexibility index (Phi) is 6.07. The van der Waals surface area contributed by atoms with Gasteiger partial charge in [-0.25, -0.2) is 0 Å². The molecule has 2 aromatic carbocycles. The first kappa shape index (κ1) is 17.2. The third-order valence-corrected chi connectivity index (χ3v) is 4.81. The second kappa shape index (κ2) is 8.47. The molecule has 0 saturated carbocycles. The maximum absolute atomic E-state index is 10.2. The highest BCUT2D eigenvalue weighted by Gasteiger charge is 2.20. The summed E-state index contributed by atoms with van der Waals surface area (Å²) in [7, 11) is 0. The molecule has 1 aliphatic heterocycles. The van der Waals surface area contributed by atoms with Crippen LogP contribution in [0.2, 0.25) is 0 Å². The highest BCUT2D eigenvalue weighted by Crippen LogP contribution is 2.21. The summed E-state index contributed by atoms with van der Waals surface area (Å²) in [5.41, 5.74) is 0. The van der Waals surface area contributed by atoms with Crippen molar-refractivity contribution in [2.24, 2.45) is 5.92 Å². The minimum atomic E-state index is -0.515. The first-order valence-electron chi connectivity index (χ1n) is 8.83. The summed E-state index contributed by atoms with van der Waals surface area (Å²) >= 11 is 0. The quantitative estimate of drug-likeness (QED) is 0.820. The number of fused-ring (bicyclic) bond motifs is 1. The van der Waals surface area contributed by atoms with E-state index in [1.54, 1.807) is 0 Å². The smallest absolute Gasteiger partial charge is 0.120 e. The van der Waals surface area contributed by atoms with Crippen LogP contribution in [0.25, 0.3) is 10.8 Å². The average molecular weight is 329 g/mol. The van der Waals surface area contributed by atoms with Crippen molar-refractivity contribution in [1.29, 1.82) is 0 Å². The fraction of sp³-hybridized carbons (Fsp3) is 0.500. The third kappa shape index (κ3) is 4.69. The molecule has 4 heteroatoms. The zero-order valence-electron chi connectivity index (χ0n) is 14.3. The number of aliphatic hydroxyl groups is 1. The minimum Gasteiger partial charge on any atom is -0.491 e. The van der Waals surface area contributed by atoms with Gasteiger partial charge in [0.15, 0.2) is 0 Å². The van der Waals surface area contributed by atoms with Crippen LogP contribution in [-0.2, 0) is 4.74 Å². The van der Waals surface area contributed by atoms with Gasteiger partial charge in [-0.3, -0.25) is 0 Å². The van der Waals surface area contributed by atoms with Gasteiger partial charge in [0.2, 0.25) is 0 Å². The van der Waals surface area contributed by atoms with E-state index >= 15 is 0 Å². The van der Waals surface area contributed by atoms with E-state index in [2.05, 4.69) is 24.4 Å². The summed E-state index contributed by atoms with van der Waals surface area (Å²) in [5, 5.41) is 15.9. The Morgan fingerprint density at radius 1 is 1.17 bits per heavy atom. The predicted octanol–water partition coefficient (Wildman–Crippen LogP) is 2.98. The monoisotopic (exact) mass is 329 g/mol. The van der Waals surface area contributed by atoms with Gasteiger partial charge in [-0.15, -0.1) is 0 Å². The SMILES string of the molecule is CC(NCC(O)COc1ccc2ccccc2c1)C1CCOCC1. The van der Waals surface area contributed by atoms with Gasteiger partial charge in [-0.2, -0.15) is 0 Å². The molecule has 24 heavy (non-hydrogen) atoms. The molecule has 0 spiro atoms. The fourth-order valence-corrected chi connectivity index (χ4v) is 3.21. The molecule has 0 radical (unpaired) electrons. The average Bonchev–Trinajstić information content (AvgIpc) is 2.65. The fourth-order valence-electron chi connectivity index (χ4n) is 3.21. The molecule has 1 heterocycles. The van der Waals surface area contributed by atoms with E-state index in [-0.39, 0.29) is 0 Å². The van der Waals surface area contributed by atoms with Crippen molar-refractivity contribution in [2.45, 2.75) is 31.9 Å². The van der Waals surface area contributed by atoms with E-state index in [0.29, 0.717) is 25.1 Å². The number of aliphatic hydroxyl groups excluding tert-OH is 1. The van der Waals surface area contributed by atoms with Crippen molar-refractivity contribution in [3.8, 4) is 5.75 Å². The number of nitrogens with one attached hydrogen (secondary N) is 1. The van der Waals surface area contributed by atoms with Crippen LogP contribution in [0.1, 0.15) is 19.8 Å². The van der Waals surface area contributed by atoms with Crippen LogP contribution in [0.3, 0.4) is 0 Å². The molecular weight excluding hydrogens is 302 g/mol. The lowest BCUT2D eigenvalue weighted by atomic mass is 9.93. The van der Waals surface area contributed by atoms with E-state index in [4.69, 9.17) is 9.47 Å². The summed E-state index contributed by atoms with van der Waals surface area (Å²) in [4.78, 5) is 0. The molecule has 0 amide bonds. The third-order valence-electron chi connectivity index (χ3n) is 4.81. The van der Waals surface area contributed by atoms with E-state index in [1.807, 2.05) is 30.3 Å². The van der Waals surface area contributed by atoms with Crippen LogP contribution in [-0.4, -0.2) is 43.6 Å². The maximum Gasteiger partial charge on any atom is 0.120 e. The lowest BCUT2D eigenvalue weighted by Crippen LogP contribution is -2.41. The van der Waals surface area contributed by atoms with E-state index < -0.39 is 6.10 Å². The van der Waals surface area contributed by atoms with Crippen molar-refractivity contribution in [2.75, 3.05) is 26.4 Å². The summed E-state index contributed by atoms with van der Waals surface area (Å²) in [6, 6.07) is 14.6. The molecule has 2 aromatic rings. The van der Waals surface area contributed by atoms with Gasteiger partial charge in [0.25, 0.3) is 0 Å². The largest absolute Gasteiger partial charge is 0.491 e. The molecule has 1 aliphatic rings. The Bertz CT molecular complexity index is 640. The summed E-state index contributed by atoms with van der Waals surface area (Å²) in [6.07, 6.45) is 1.68. The zero-order chi connectivity index (χ0) is 16.8. The zero-order valence-corrected chi connectivity index (χ0v) is 14.3. The van der Waals surface area contributed by atoms with Crippen LogP contribution in [0.4, 0.5) is 0 Å². The van der Waals surface area contributed by atoms with Crippen LogP contribution < -0.4 is 10.1 Å². The van der Waals surface area contributed by atoms with Gasteiger partial charge in [-0.05, 0) is 48.6 Å². The lowest BCUT2D eigenvalue weighted by Gasteiger charge is -2.29. The van der Waals surface area contributed by atoms with Gasteiger partial charge >= 0.3 is 0 Å². The Hall–Kier alpha value is -1.62. The highest BCUT2D eigenvalue weighted by atomic mass is 16.5. The van der Waals surface area contributed by atoms with Crippen molar-refractivity contribution >= 4 is 10.8 Å².